The highest BCUT2D eigenvalue weighted by molar-refractivity contribution is 5.68. The summed E-state index contributed by atoms with van der Waals surface area (Å²) in [7, 11) is 0. The van der Waals surface area contributed by atoms with Crippen LogP contribution in [0.25, 0.3) is 11.4 Å². The van der Waals surface area contributed by atoms with Crippen molar-refractivity contribution in [1.29, 1.82) is 0 Å². The Morgan fingerprint density at radius 1 is 0.758 bits per heavy atom. The van der Waals surface area contributed by atoms with Crippen molar-refractivity contribution in [1.82, 2.24) is 9.80 Å². The van der Waals surface area contributed by atoms with E-state index in [2.05, 4.69) is 86.9 Å². The highest BCUT2D eigenvalue weighted by Gasteiger charge is 2.21. The van der Waals surface area contributed by atoms with Gasteiger partial charge in [-0.15, -0.1) is 0 Å². The zero-order chi connectivity index (χ0) is 24.2. The van der Waals surface area contributed by atoms with Crippen LogP contribution in [-0.2, 0) is 0 Å². The molecule has 2 N–H and O–H groups in total. The monoisotopic (exact) mass is 450 g/mol. The third-order valence-corrected chi connectivity index (χ3v) is 6.20. The molecule has 0 saturated heterocycles. The van der Waals surface area contributed by atoms with Crippen LogP contribution in [0.4, 0.5) is 0 Å². The maximum Gasteiger partial charge on any atom is 0.176 e. The largest absolute Gasteiger partial charge is 0.372 e. The third-order valence-electron chi connectivity index (χ3n) is 6.20. The second kappa shape index (κ2) is 13.9. The molecular weight excluding hydrogens is 408 g/mol. The fourth-order valence-electron chi connectivity index (χ4n) is 4.41. The number of nitrogens with zero attached hydrogens (tertiary/aromatic N) is 2. The summed E-state index contributed by atoms with van der Waals surface area (Å²) in [6, 6.07) is 20.6. The second-order valence-corrected chi connectivity index (χ2v) is 8.46. The Morgan fingerprint density at radius 2 is 1.24 bits per heavy atom. The zero-order valence-electron chi connectivity index (χ0n) is 21.0. The molecule has 0 radical (unpaired) electrons. The lowest BCUT2D eigenvalue weighted by Crippen LogP contribution is -2.26. The van der Waals surface area contributed by atoms with Gasteiger partial charge in [0, 0.05) is 43.1 Å². The number of allylic oxidation sites excluding steroid dienone is 1. The van der Waals surface area contributed by atoms with E-state index >= 15 is 0 Å². The summed E-state index contributed by atoms with van der Waals surface area (Å²) in [5.74, 6) is 0.255. The molecular formula is C29H42N2O2. The van der Waals surface area contributed by atoms with Gasteiger partial charge in [0.1, 0.15) is 0 Å². The van der Waals surface area contributed by atoms with E-state index in [9.17, 15) is 10.2 Å². The van der Waals surface area contributed by atoms with Gasteiger partial charge >= 0.3 is 0 Å². The minimum atomic E-state index is -1.48. The van der Waals surface area contributed by atoms with Gasteiger partial charge in [-0.2, -0.15) is 0 Å². The van der Waals surface area contributed by atoms with Gasteiger partial charge < -0.3 is 20.0 Å². The van der Waals surface area contributed by atoms with Crippen LogP contribution in [0.15, 0.2) is 72.3 Å². The Morgan fingerprint density at radius 3 is 1.70 bits per heavy atom. The normalized spacial score (nSPS) is 13.6. The lowest BCUT2D eigenvalue weighted by molar-refractivity contribution is -0.0118. The number of aliphatic hydroxyl groups is 2. The van der Waals surface area contributed by atoms with Crippen molar-refractivity contribution in [2.24, 2.45) is 5.92 Å². The SMILES string of the molecule is CCN(CC)C(=CCC(C)CC(=C(c1ccccc1)N(CC)CC)C(O)O)c1ccccc1. The maximum atomic E-state index is 10.4. The standard InChI is InChI=1S/C29H42N2O2/c1-6-30(7-2)27(24-16-12-10-13-17-24)21-20-23(5)22-26(29(32)33)28(31(8-3)9-4)25-18-14-11-15-19-25/h10-19,21,23,29,32-33H,6-9,20,22H2,1-5H3. The van der Waals surface area contributed by atoms with Gasteiger partial charge in [-0.3, -0.25) is 0 Å². The van der Waals surface area contributed by atoms with Crippen LogP contribution >= 0.6 is 0 Å². The van der Waals surface area contributed by atoms with Crippen molar-refractivity contribution in [3.05, 3.63) is 83.4 Å². The van der Waals surface area contributed by atoms with Crippen LogP contribution in [0, 0.1) is 5.92 Å². The minimum absolute atomic E-state index is 0.255. The number of aliphatic hydroxyl groups excluding tert-OH is 1. The lowest BCUT2D eigenvalue weighted by Gasteiger charge is -2.30. The molecule has 0 fully saturated rings. The summed E-state index contributed by atoms with van der Waals surface area (Å²) >= 11 is 0. The Balaban J connectivity index is 2.39. The summed E-state index contributed by atoms with van der Waals surface area (Å²) in [5.41, 5.74) is 5.13. The van der Waals surface area contributed by atoms with E-state index < -0.39 is 6.29 Å². The highest BCUT2D eigenvalue weighted by Crippen LogP contribution is 2.30. The molecule has 0 saturated carbocycles. The third kappa shape index (κ3) is 7.48. The molecule has 0 heterocycles. The molecule has 0 aliphatic heterocycles. The van der Waals surface area contributed by atoms with Crippen LogP contribution < -0.4 is 0 Å². The van der Waals surface area contributed by atoms with Gasteiger partial charge in [0.25, 0.3) is 0 Å². The summed E-state index contributed by atoms with van der Waals surface area (Å²) in [6.07, 6.45) is 2.31. The molecule has 4 heteroatoms. The van der Waals surface area contributed by atoms with Gasteiger partial charge in [-0.25, -0.2) is 0 Å². The maximum absolute atomic E-state index is 10.4. The molecule has 2 aromatic rings. The smallest absolute Gasteiger partial charge is 0.176 e. The topological polar surface area (TPSA) is 46.9 Å². The van der Waals surface area contributed by atoms with Gasteiger partial charge in [0.2, 0.25) is 0 Å². The van der Waals surface area contributed by atoms with Crippen LogP contribution in [0.5, 0.6) is 0 Å². The van der Waals surface area contributed by atoms with Crippen molar-refractivity contribution < 1.29 is 10.2 Å². The van der Waals surface area contributed by atoms with Crippen LogP contribution in [-0.4, -0.2) is 52.5 Å². The van der Waals surface area contributed by atoms with Crippen LogP contribution in [0.2, 0.25) is 0 Å². The van der Waals surface area contributed by atoms with E-state index in [0.717, 1.165) is 43.9 Å². The Kier molecular flexibility index (Phi) is 11.2. The second-order valence-electron chi connectivity index (χ2n) is 8.46. The van der Waals surface area contributed by atoms with E-state index in [1.165, 1.54) is 11.3 Å². The van der Waals surface area contributed by atoms with Crippen LogP contribution in [0.1, 0.15) is 58.6 Å². The van der Waals surface area contributed by atoms with Crippen molar-refractivity contribution in [2.45, 2.75) is 53.8 Å². The van der Waals surface area contributed by atoms with E-state index in [4.69, 9.17) is 0 Å². The molecule has 0 aliphatic rings. The fourth-order valence-corrected chi connectivity index (χ4v) is 4.41. The van der Waals surface area contributed by atoms with Crippen molar-refractivity contribution >= 4 is 11.4 Å². The van der Waals surface area contributed by atoms with E-state index in [1.54, 1.807) is 0 Å². The molecule has 0 bridgehead atoms. The van der Waals surface area contributed by atoms with Gasteiger partial charge in [-0.1, -0.05) is 73.7 Å². The summed E-state index contributed by atoms with van der Waals surface area (Å²) < 4.78 is 0. The van der Waals surface area contributed by atoms with Gasteiger partial charge in [0.05, 0.1) is 0 Å². The number of hydrogen-bond acceptors (Lipinski definition) is 4. The first kappa shape index (κ1) is 26.7. The number of hydrogen-bond donors (Lipinski definition) is 2. The molecule has 0 amide bonds. The first-order valence-electron chi connectivity index (χ1n) is 12.4. The first-order valence-corrected chi connectivity index (χ1v) is 12.4. The molecule has 2 rings (SSSR count). The molecule has 0 spiro atoms. The molecule has 33 heavy (non-hydrogen) atoms. The average Bonchev–Trinajstić information content (AvgIpc) is 2.84. The quantitative estimate of drug-likeness (QED) is 0.376. The predicted molar refractivity (Wildman–Crippen MR) is 140 cm³/mol. The molecule has 0 aliphatic carbocycles. The minimum Gasteiger partial charge on any atom is -0.372 e. The predicted octanol–water partition coefficient (Wildman–Crippen LogP) is 5.85. The summed E-state index contributed by atoms with van der Waals surface area (Å²) in [5, 5.41) is 20.8. The molecule has 180 valence electrons. The molecule has 1 atom stereocenters. The zero-order valence-corrected chi connectivity index (χ0v) is 21.0. The molecule has 2 aromatic carbocycles. The van der Waals surface area contributed by atoms with Gasteiger partial charge in [0.15, 0.2) is 6.29 Å². The van der Waals surface area contributed by atoms with Crippen molar-refractivity contribution in [2.75, 3.05) is 26.2 Å². The van der Waals surface area contributed by atoms with E-state index in [0.29, 0.717) is 12.0 Å². The fraction of sp³-hybridized carbons (Fsp3) is 0.448. The Labute approximate surface area is 200 Å². The molecule has 1 unspecified atom stereocenters. The first-order chi connectivity index (χ1) is 16.0. The Hall–Kier alpha value is -2.56. The van der Waals surface area contributed by atoms with E-state index in [-0.39, 0.29) is 5.92 Å². The van der Waals surface area contributed by atoms with Gasteiger partial charge in [-0.05, 0) is 57.6 Å². The van der Waals surface area contributed by atoms with Crippen molar-refractivity contribution in [3.8, 4) is 0 Å². The molecule has 4 nitrogen and oxygen atoms in total. The Bertz CT molecular complexity index is 867. The van der Waals surface area contributed by atoms with E-state index in [1.807, 2.05) is 24.3 Å². The van der Waals surface area contributed by atoms with Crippen LogP contribution in [0.3, 0.4) is 0 Å². The summed E-state index contributed by atoms with van der Waals surface area (Å²) in [6.45, 7) is 14.3. The molecule has 0 aromatic heterocycles. The summed E-state index contributed by atoms with van der Waals surface area (Å²) in [4.78, 5) is 4.60. The van der Waals surface area contributed by atoms with Crippen molar-refractivity contribution in [3.63, 3.8) is 0 Å². The number of benzene rings is 2. The lowest BCUT2D eigenvalue weighted by atomic mass is 9.92. The highest BCUT2D eigenvalue weighted by atomic mass is 16.5. The number of rotatable bonds is 13. The average molecular weight is 451 g/mol.